The summed E-state index contributed by atoms with van der Waals surface area (Å²) in [4.78, 5) is 2.28. The molecule has 0 N–H and O–H groups in total. The largest absolute Gasteiger partial charge is 0.309 e. The topological polar surface area (TPSA) is 3.24 Å². The number of rotatable bonds is 3. The van der Waals surface area contributed by atoms with E-state index in [0.717, 1.165) is 5.92 Å². The van der Waals surface area contributed by atoms with Crippen molar-refractivity contribution in [2.45, 2.75) is 19.3 Å². The van der Waals surface area contributed by atoms with Crippen LogP contribution >= 0.6 is 0 Å². The van der Waals surface area contributed by atoms with Gasteiger partial charge in [0, 0.05) is 0 Å². The molecule has 0 saturated carbocycles. The van der Waals surface area contributed by atoms with Gasteiger partial charge in [0.05, 0.1) is 0 Å². The summed E-state index contributed by atoms with van der Waals surface area (Å²) < 4.78 is 0. The standard InChI is InChI=1S/C13H19N/c1-14(2)8-7-11-9-12-5-3-4-6-13(12)10-11/h3-6,11H,7-10H2,1-2H3. The van der Waals surface area contributed by atoms with Gasteiger partial charge in [0.25, 0.3) is 0 Å². The Labute approximate surface area is 86.7 Å². The molecule has 0 saturated heterocycles. The first-order chi connectivity index (χ1) is 6.75. The molecule has 76 valence electrons. The molecule has 0 spiro atoms. The Morgan fingerprint density at radius 1 is 1.14 bits per heavy atom. The zero-order chi connectivity index (χ0) is 9.97. The van der Waals surface area contributed by atoms with Crippen molar-refractivity contribution in [1.29, 1.82) is 0 Å². The second-order valence-corrected chi connectivity index (χ2v) is 4.63. The fraction of sp³-hybridized carbons (Fsp3) is 0.538. The van der Waals surface area contributed by atoms with Gasteiger partial charge in [-0.3, -0.25) is 0 Å². The Hall–Kier alpha value is -0.820. The molecule has 0 aliphatic heterocycles. The Balaban J connectivity index is 1.92. The van der Waals surface area contributed by atoms with Gasteiger partial charge in [-0.15, -0.1) is 0 Å². The van der Waals surface area contributed by atoms with Crippen LogP contribution in [0.4, 0.5) is 0 Å². The van der Waals surface area contributed by atoms with Crippen LogP contribution < -0.4 is 0 Å². The van der Waals surface area contributed by atoms with Crippen molar-refractivity contribution in [3.63, 3.8) is 0 Å². The van der Waals surface area contributed by atoms with Crippen molar-refractivity contribution in [3.05, 3.63) is 35.4 Å². The zero-order valence-electron chi connectivity index (χ0n) is 9.16. The van der Waals surface area contributed by atoms with Gasteiger partial charge in [-0.2, -0.15) is 0 Å². The molecule has 0 bridgehead atoms. The first-order valence-corrected chi connectivity index (χ1v) is 5.47. The average Bonchev–Trinajstić information content (AvgIpc) is 2.57. The highest BCUT2D eigenvalue weighted by Crippen LogP contribution is 2.28. The quantitative estimate of drug-likeness (QED) is 0.705. The molecule has 0 heterocycles. The van der Waals surface area contributed by atoms with E-state index in [9.17, 15) is 0 Å². The normalized spacial score (nSPS) is 16.2. The lowest BCUT2D eigenvalue weighted by Crippen LogP contribution is -2.16. The zero-order valence-corrected chi connectivity index (χ0v) is 9.16. The van der Waals surface area contributed by atoms with Gasteiger partial charge in [-0.1, -0.05) is 24.3 Å². The molecule has 0 amide bonds. The molecule has 1 nitrogen and oxygen atoms in total. The third-order valence-corrected chi connectivity index (χ3v) is 3.12. The monoisotopic (exact) mass is 189 g/mol. The number of hydrogen-bond donors (Lipinski definition) is 0. The first kappa shape index (κ1) is 9.72. The lowest BCUT2D eigenvalue weighted by molar-refractivity contribution is 0.355. The van der Waals surface area contributed by atoms with Crippen molar-refractivity contribution in [2.75, 3.05) is 20.6 Å². The Bertz CT molecular complexity index is 279. The van der Waals surface area contributed by atoms with Crippen molar-refractivity contribution in [3.8, 4) is 0 Å². The van der Waals surface area contributed by atoms with Crippen LogP contribution in [-0.2, 0) is 12.8 Å². The summed E-state index contributed by atoms with van der Waals surface area (Å²) >= 11 is 0. The van der Waals surface area contributed by atoms with Gasteiger partial charge in [-0.05, 0) is 56.9 Å². The first-order valence-electron chi connectivity index (χ1n) is 5.47. The van der Waals surface area contributed by atoms with Crippen molar-refractivity contribution in [2.24, 2.45) is 5.92 Å². The van der Waals surface area contributed by atoms with E-state index in [2.05, 4.69) is 43.3 Å². The molecule has 0 aromatic heterocycles. The predicted molar refractivity (Wildman–Crippen MR) is 60.5 cm³/mol. The van der Waals surface area contributed by atoms with Gasteiger partial charge in [-0.25, -0.2) is 0 Å². The van der Waals surface area contributed by atoms with Crippen LogP contribution in [0.15, 0.2) is 24.3 Å². The summed E-state index contributed by atoms with van der Waals surface area (Å²) in [6.07, 6.45) is 3.93. The van der Waals surface area contributed by atoms with Crippen LogP contribution in [0.25, 0.3) is 0 Å². The fourth-order valence-corrected chi connectivity index (χ4v) is 2.29. The Morgan fingerprint density at radius 2 is 1.71 bits per heavy atom. The fourth-order valence-electron chi connectivity index (χ4n) is 2.29. The SMILES string of the molecule is CN(C)CCC1Cc2ccccc2C1. The van der Waals surface area contributed by atoms with Gasteiger partial charge < -0.3 is 4.90 Å². The maximum absolute atomic E-state index is 2.28. The van der Waals surface area contributed by atoms with E-state index in [0.29, 0.717) is 0 Å². The van der Waals surface area contributed by atoms with Crippen LogP contribution in [0.2, 0.25) is 0 Å². The number of benzene rings is 1. The number of nitrogens with zero attached hydrogens (tertiary/aromatic N) is 1. The Kier molecular flexibility index (Phi) is 2.87. The highest BCUT2D eigenvalue weighted by Gasteiger charge is 2.20. The van der Waals surface area contributed by atoms with Gasteiger partial charge in [0.1, 0.15) is 0 Å². The minimum atomic E-state index is 0.884. The van der Waals surface area contributed by atoms with E-state index in [-0.39, 0.29) is 0 Å². The maximum atomic E-state index is 2.28. The van der Waals surface area contributed by atoms with Crippen molar-refractivity contribution in [1.82, 2.24) is 4.90 Å². The van der Waals surface area contributed by atoms with Crippen LogP contribution in [-0.4, -0.2) is 25.5 Å². The predicted octanol–water partition coefficient (Wildman–Crippen LogP) is 2.35. The van der Waals surface area contributed by atoms with Crippen LogP contribution in [0.5, 0.6) is 0 Å². The van der Waals surface area contributed by atoms with E-state index in [1.54, 1.807) is 11.1 Å². The van der Waals surface area contributed by atoms with Crippen molar-refractivity contribution < 1.29 is 0 Å². The number of fused-ring (bicyclic) bond motifs is 1. The van der Waals surface area contributed by atoms with E-state index in [1.807, 2.05) is 0 Å². The number of hydrogen-bond acceptors (Lipinski definition) is 1. The molecule has 1 heteroatoms. The molecule has 1 aromatic carbocycles. The maximum Gasteiger partial charge on any atom is -0.00220 e. The smallest absolute Gasteiger partial charge is 0.00220 e. The van der Waals surface area contributed by atoms with E-state index >= 15 is 0 Å². The summed E-state index contributed by atoms with van der Waals surface area (Å²) in [7, 11) is 4.31. The minimum Gasteiger partial charge on any atom is -0.309 e. The molecule has 1 aliphatic rings. The highest BCUT2D eigenvalue weighted by molar-refractivity contribution is 5.31. The van der Waals surface area contributed by atoms with Gasteiger partial charge >= 0.3 is 0 Å². The Morgan fingerprint density at radius 3 is 2.21 bits per heavy atom. The highest BCUT2D eigenvalue weighted by atomic mass is 15.0. The van der Waals surface area contributed by atoms with Crippen LogP contribution in [0.1, 0.15) is 17.5 Å². The van der Waals surface area contributed by atoms with Gasteiger partial charge in [0.2, 0.25) is 0 Å². The van der Waals surface area contributed by atoms with E-state index < -0.39 is 0 Å². The summed E-state index contributed by atoms with van der Waals surface area (Å²) in [5.41, 5.74) is 3.16. The molecular weight excluding hydrogens is 170 g/mol. The lowest BCUT2D eigenvalue weighted by Gasteiger charge is -2.13. The lowest BCUT2D eigenvalue weighted by atomic mass is 10.0. The molecule has 0 unspecified atom stereocenters. The second-order valence-electron chi connectivity index (χ2n) is 4.63. The average molecular weight is 189 g/mol. The molecule has 14 heavy (non-hydrogen) atoms. The van der Waals surface area contributed by atoms with E-state index in [4.69, 9.17) is 0 Å². The molecule has 0 atom stereocenters. The van der Waals surface area contributed by atoms with E-state index in [1.165, 1.54) is 25.8 Å². The molecular formula is C13H19N. The third-order valence-electron chi connectivity index (χ3n) is 3.12. The third kappa shape index (κ3) is 2.16. The molecule has 1 aliphatic carbocycles. The summed E-state index contributed by atoms with van der Waals surface area (Å²) in [5, 5.41) is 0. The van der Waals surface area contributed by atoms with Crippen LogP contribution in [0, 0.1) is 5.92 Å². The summed E-state index contributed by atoms with van der Waals surface area (Å²) in [6, 6.07) is 8.89. The minimum absolute atomic E-state index is 0.884. The van der Waals surface area contributed by atoms with Crippen LogP contribution in [0.3, 0.4) is 0 Å². The molecule has 1 aromatic rings. The molecule has 0 fully saturated rings. The second kappa shape index (κ2) is 4.14. The van der Waals surface area contributed by atoms with Gasteiger partial charge in [0.15, 0.2) is 0 Å². The summed E-state index contributed by atoms with van der Waals surface area (Å²) in [6.45, 7) is 1.22. The summed E-state index contributed by atoms with van der Waals surface area (Å²) in [5.74, 6) is 0.884. The molecule has 0 radical (unpaired) electrons. The van der Waals surface area contributed by atoms with Crippen molar-refractivity contribution >= 4 is 0 Å². The molecule has 2 rings (SSSR count).